The summed E-state index contributed by atoms with van der Waals surface area (Å²) in [6.45, 7) is 0. The van der Waals surface area contributed by atoms with Crippen molar-refractivity contribution in [3.05, 3.63) is 73.8 Å². The third-order valence-corrected chi connectivity index (χ3v) is 3.30. The molecule has 2 aromatic carbocycles. The van der Waals surface area contributed by atoms with Crippen molar-refractivity contribution >= 4 is 40.7 Å². The van der Waals surface area contributed by atoms with Gasteiger partial charge < -0.3 is 10.6 Å². The number of amidine groups is 1. The summed E-state index contributed by atoms with van der Waals surface area (Å²) in [6, 6.07) is 9.82. The maximum absolute atomic E-state index is 11.9. The van der Waals surface area contributed by atoms with Gasteiger partial charge in [0.05, 0.1) is 9.95 Å². The molecule has 0 aliphatic heterocycles. The van der Waals surface area contributed by atoms with Crippen molar-refractivity contribution in [1.29, 1.82) is 0 Å². The van der Waals surface area contributed by atoms with Crippen LogP contribution < -0.4 is 5.73 Å². The Morgan fingerprint density at radius 1 is 1.17 bits per heavy atom. The van der Waals surface area contributed by atoms with Crippen LogP contribution in [0.4, 0.5) is 5.69 Å². The van der Waals surface area contributed by atoms with Gasteiger partial charge in [0.25, 0.3) is 5.69 Å². The number of benzene rings is 2. The molecule has 0 spiro atoms. The fourth-order valence-electron chi connectivity index (χ4n) is 1.69. The number of nitro groups is 1. The molecule has 0 aliphatic carbocycles. The number of nitrogens with zero attached hydrogens (tertiary/aromatic N) is 2. The first kappa shape index (κ1) is 16.7. The van der Waals surface area contributed by atoms with Crippen LogP contribution in [0.2, 0.25) is 10.0 Å². The molecule has 118 valence electrons. The minimum atomic E-state index is -1.01. The maximum atomic E-state index is 11.9. The highest BCUT2D eigenvalue weighted by atomic mass is 35.5. The first-order chi connectivity index (χ1) is 10.9. The zero-order valence-corrected chi connectivity index (χ0v) is 12.9. The Bertz CT molecular complexity index is 808. The summed E-state index contributed by atoms with van der Waals surface area (Å²) in [6.07, 6.45) is 0. The minimum absolute atomic E-state index is 0.168. The van der Waals surface area contributed by atoms with Gasteiger partial charge in [-0.15, -0.1) is 0 Å². The number of para-hydroxylation sites is 1. The summed E-state index contributed by atoms with van der Waals surface area (Å²) in [5.41, 5.74) is 5.36. The monoisotopic (exact) mass is 353 g/mol. The van der Waals surface area contributed by atoms with E-state index >= 15 is 0 Å². The van der Waals surface area contributed by atoms with E-state index in [1.807, 2.05) is 0 Å². The molecule has 0 aromatic heterocycles. The Morgan fingerprint density at radius 2 is 1.87 bits per heavy atom. The van der Waals surface area contributed by atoms with Crippen molar-refractivity contribution in [1.82, 2.24) is 0 Å². The van der Waals surface area contributed by atoms with Gasteiger partial charge in [0, 0.05) is 16.7 Å². The molecule has 9 heteroatoms. The van der Waals surface area contributed by atoms with E-state index in [0.29, 0.717) is 10.6 Å². The number of carbonyl (C=O) groups excluding carboxylic acids is 1. The largest absolute Gasteiger partial charge is 0.380 e. The molecule has 2 N–H and O–H groups in total. The van der Waals surface area contributed by atoms with E-state index in [-0.39, 0.29) is 16.4 Å². The van der Waals surface area contributed by atoms with Gasteiger partial charge in [-0.3, -0.25) is 10.1 Å². The molecule has 0 atom stereocenters. The molecular formula is C14H9Cl2N3O4. The number of nitro benzene ring substituents is 1. The number of halogens is 2. The second kappa shape index (κ2) is 7.08. The summed E-state index contributed by atoms with van der Waals surface area (Å²) in [5.74, 6) is -1.18. The van der Waals surface area contributed by atoms with Gasteiger partial charge in [0.1, 0.15) is 5.56 Å². The standard InChI is InChI=1S/C14H9Cl2N3O4/c15-8-5-6-9(11(16)7-8)13(17)18-23-14(20)10-3-1-2-4-12(10)19(21)22/h1-7H,(H2,17,18). The highest BCUT2D eigenvalue weighted by Gasteiger charge is 2.21. The Kier molecular flexibility index (Phi) is 5.15. The van der Waals surface area contributed by atoms with Crippen LogP contribution in [0.5, 0.6) is 0 Å². The lowest BCUT2D eigenvalue weighted by atomic mass is 10.2. The van der Waals surface area contributed by atoms with Crippen LogP contribution in [0.1, 0.15) is 15.9 Å². The lowest BCUT2D eigenvalue weighted by Gasteiger charge is -2.04. The maximum Gasteiger partial charge on any atom is 0.372 e. The van der Waals surface area contributed by atoms with Crippen LogP contribution >= 0.6 is 23.2 Å². The molecule has 0 unspecified atom stereocenters. The van der Waals surface area contributed by atoms with Gasteiger partial charge in [-0.25, -0.2) is 4.79 Å². The minimum Gasteiger partial charge on any atom is -0.380 e. The summed E-state index contributed by atoms with van der Waals surface area (Å²) in [4.78, 5) is 26.7. The van der Waals surface area contributed by atoms with Gasteiger partial charge in [-0.2, -0.15) is 0 Å². The van der Waals surface area contributed by atoms with E-state index < -0.39 is 16.6 Å². The van der Waals surface area contributed by atoms with E-state index in [2.05, 4.69) is 9.99 Å². The van der Waals surface area contributed by atoms with Gasteiger partial charge in [0.15, 0.2) is 5.84 Å². The summed E-state index contributed by atoms with van der Waals surface area (Å²) < 4.78 is 0. The third kappa shape index (κ3) is 3.97. The zero-order chi connectivity index (χ0) is 17.0. The number of oxime groups is 1. The Balaban J connectivity index is 2.22. The van der Waals surface area contributed by atoms with Gasteiger partial charge in [-0.05, 0) is 24.3 Å². The van der Waals surface area contributed by atoms with Crippen LogP contribution in [-0.2, 0) is 4.84 Å². The third-order valence-electron chi connectivity index (χ3n) is 2.75. The van der Waals surface area contributed by atoms with Crippen LogP contribution in [0.25, 0.3) is 0 Å². The molecule has 0 fully saturated rings. The Morgan fingerprint density at radius 3 is 2.52 bits per heavy atom. The molecule has 0 saturated carbocycles. The molecule has 2 rings (SSSR count). The number of hydrogen-bond acceptors (Lipinski definition) is 5. The molecule has 23 heavy (non-hydrogen) atoms. The van der Waals surface area contributed by atoms with Crippen LogP contribution in [0.3, 0.4) is 0 Å². The van der Waals surface area contributed by atoms with E-state index in [4.69, 9.17) is 28.9 Å². The molecule has 0 amide bonds. The fraction of sp³-hybridized carbons (Fsp3) is 0. The first-order valence-corrected chi connectivity index (χ1v) is 6.89. The molecule has 0 bridgehead atoms. The van der Waals surface area contributed by atoms with Crippen LogP contribution in [0.15, 0.2) is 47.6 Å². The smallest absolute Gasteiger partial charge is 0.372 e. The van der Waals surface area contributed by atoms with E-state index in [9.17, 15) is 14.9 Å². The normalized spacial score (nSPS) is 11.1. The van der Waals surface area contributed by atoms with Crippen molar-refractivity contribution in [3.8, 4) is 0 Å². The van der Waals surface area contributed by atoms with Crippen molar-refractivity contribution in [3.63, 3.8) is 0 Å². The lowest BCUT2D eigenvalue weighted by Crippen LogP contribution is -2.16. The average Bonchev–Trinajstić information content (AvgIpc) is 2.52. The highest BCUT2D eigenvalue weighted by Crippen LogP contribution is 2.21. The van der Waals surface area contributed by atoms with Gasteiger partial charge in [0.2, 0.25) is 0 Å². The number of carbonyl (C=O) groups is 1. The summed E-state index contributed by atoms with van der Waals surface area (Å²) in [7, 11) is 0. The van der Waals surface area contributed by atoms with E-state index in [1.165, 1.54) is 42.5 Å². The summed E-state index contributed by atoms with van der Waals surface area (Å²) >= 11 is 11.7. The predicted octanol–water partition coefficient (Wildman–Crippen LogP) is 3.38. The van der Waals surface area contributed by atoms with Crippen LogP contribution in [0, 0.1) is 10.1 Å². The molecule has 2 aromatic rings. The fourth-order valence-corrected chi connectivity index (χ4v) is 2.20. The lowest BCUT2D eigenvalue weighted by molar-refractivity contribution is -0.385. The van der Waals surface area contributed by atoms with Crippen LogP contribution in [-0.4, -0.2) is 16.7 Å². The van der Waals surface area contributed by atoms with E-state index in [1.54, 1.807) is 0 Å². The number of nitrogens with two attached hydrogens (primary N) is 1. The van der Waals surface area contributed by atoms with Gasteiger partial charge in [-0.1, -0.05) is 40.5 Å². The second-order valence-electron chi connectivity index (χ2n) is 4.25. The molecule has 0 aliphatic rings. The average molecular weight is 354 g/mol. The van der Waals surface area contributed by atoms with Crippen molar-refractivity contribution < 1.29 is 14.6 Å². The molecule has 0 saturated heterocycles. The van der Waals surface area contributed by atoms with Crippen molar-refractivity contribution in [2.24, 2.45) is 10.9 Å². The number of hydrogen-bond donors (Lipinski definition) is 1. The Labute approximate surface area is 140 Å². The molecule has 0 radical (unpaired) electrons. The van der Waals surface area contributed by atoms with E-state index in [0.717, 1.165) is 0 Å². The van der Waals surface area contributed by atoms with Gasteiger partial charge >= 0.3 is 5.97 Å². The summed E-state index contributed by atoms with van der Waals surface area (Å²) in [5, 5.41) is 15.0. The topological polar surface area (TPSA) is 108 Å². The molecule has 0 heterocycles. The second-order valence-corrected chi connectivity index (χ2v) is 5.10. The van der Waals surface area contributed by atoms with Crippen molar-refractivity contribution in [2.45, 2.75) is 0 Å². The quantitative estimate of drug-likeness (QED) is 0.298. The Hall–Kier alpha value is -2.64. The first-order valence-electron chi connectivity index (χ1n) is 6.14. The predicted molar refractivity (Wildman–Crippen MR) is 85.7 cm³/mol. The number of rotatable bonds is 4. The molecular weight excluding hydrogens is 345 g/mol. The molecule has 7 nitrogen and oxygen atoms in total. The highest BCUT2D eigenvalue weighted by molar-refractivity contribution is 6.36. The van der Waals surface area contributed by atoms with Crippen molar-refractivity contribution in [2.75, 3.05) is 0 Å². The SMILES string of the molecule is N/C(=N\OC(=O)c1ccccc1[N+](=O)[O-])c1ccc(Cl)cc1Cl. The zero-order valence-electron chi connectivity index (χ0n) is 11.4.